The van der Waals surface area contributed by atoms with E-state index >= 15 is 0 Å². The zero-order valence-corrected chi connectivity index (χ0v) is 15.3. The second-order valence-electron chi connectivity index (χ2n) is 5.93. The van der Waals surface area contributed by atoms with Crippen LogP contribution in [0, 0.1) is 0 Å². The lowest BCUT2D eigenvalue weighted by Crippen LogP contribution is -2.21. The van der Waals surface area contributed by atoms with Gasteiger partial charge in [-0.3, -0.25) is 4.99 Å². The zero-order valence-electron chi connectivity index (χ0n) is 13.8. The summed E-state index contributed by atoms with van der Waals surface area (Å²) in [4.78, 5) is 6.30. The summed E-state index contributed by atoms with van der Waals surface area (Å²) in [6, 6.07) is 8.94. The first kappa shape index (κ1) is 21.3. The molecule has 0 aliphatic carbocycles. The Balaban J connectivity index is 0.00000261. The Labute approximate surface area is 166 Å². The summed E-state index contributed by atoms with van der Waals surface area (Å²) >= 11 is 11.9. The van der Waals surface area contributed by atoms with Crippen LogP contribution < -0.4 is 4.90 Å². The molecule has 0 spiro atoms. The van der Waals surface area contributed by atoms with Gasteiger partial charge in [0.1, 0.15) is 0 Å². The monoisotopic (exact) mass is 414 g/mol. The first-order valence-corrected chi connectivity index (χ1v) is 8.61. The van der Waals surface area contributed by atoms with Crippen LogP contribution in [0.5, 0.6) is 0 Å². The van der Waals surface area contributed by atoms with E-state index in [0.717, 1.165) is 11.6 Å². The average Bonchev–Trinajstić information content (AvgIpc) is 2.74. The highest BCUT2D eigenvalue weighted by molar-refractivity contribution is 6.42. The number of hydrogen-bond donors (Lipinski definition) is 0. The maximum absolute atomic E-state index is 13.0. The van der Waals surface area contributed by atoms with E-state index in [1.165, 1.54) is 12.1 Å². The quantitative estimate of drug-likeness (QED) is 0.540. The Morgan fingerprint density at radius 2 is 1.78 bits per heavy atom. The van der Waals surface area contributed by atoms with E-state index < -0.39 is 11.7 Å². The normalized spacial score (nSPS) is 14.4. The molecule has 0 radical (unpaired) electrons. The van der Waals surface area contributed by atoms with Crippen molar-refractivity contribution in [3.8, 4) is 0 Å². The summed E-state index contributed by atoms with van der Waals surface area (Å²) in [6.45, 7) is 1.03. The lowest BCUT2D eigenvalue weighted by molar-refractivity contribution is -0.137. The van der Waals surface area contributed by atoms with E-state index in [0.29, 0.717) is 40.1 Å². The second-order valence-corrected chi connectivity index (χ2v) is 6.74. The molecule has 0 saturated heterocycles. The number of benzodiazepines with no additional fused rings is 1. The van der Waals surface area contributed by atoms with Gasteiger partial charge in [-0.05, 0) is 35.9 Å². The second kappa shape index (κ2) is 8.36. The molecular weight excluding hydrogens is 396 g/mol. The number of likely N-dealkylation sites (N-methyl/N-ethyl adjacent to an activating group) is 1. The van der Waals surface area contributed by atoms with Crippen LogP contribution in [0.1, 0.15) is 24.1 Å². The van der Waals surface area contributed by atoms with Gasteiger partial charge < -0.3 is 4.90 Å². The van der Waals surface area contributed by atoms with Crippen molar-refractivity contribution in [3.05, 3.63) is 69.2 Å². The fourth-order valence-electron chi connectivity index (χ4n) is 2.70. The van der Waals surface area contributed by atoms with E-state index in [1.54, 1.807) is 30.2 Å². The minimum atomic E-state index is -4.38. The van der Waals surface area contributed by atoms with Crippen LogP contribution in [-0.2, 0) is 6.18 Å². The number of hydrogen-bond acceptors (Lipinski definition) is 2. The van der Waals surface area contributed by atoms with E-state index in [9.17, 15) is 13.2 Å². The van der Waals surface area contributed by atoms with Gasteiger partial charge in [-0.2, -0.15) is 13.2 Å². The molecule has 27 heavy (non-hydrogen) atoms. The van der Waals surface area contributed by atoms with Crippen molar-refractivity contribution in [1.82, 2.24) is 0 Å². The summed E-state index contributed by atoms with van der Waals surface area (Å²) in [5, 5.41) is 0.897. The molecular formula is C20H19Cl2F3N2. The van der Waals surface area contributed by atoms with Gasteiger partial charge in [0, 0.05) is 24.8 Å². The topological polar surface area (TPSA) is 15.6 Å². The molecule has 0 fully saturated rings. The third kappa shape index (κ3) is 4.85. The fourth-order valence-corrected chi connectivity index (χ4v) is 3.01. The third-order valence-electron chi connectivity index (χ3n) is 4.11. The van der Waals surface area contributed by atoms with Crippen LogP contribution in [-0.4, -0.2) is 25.8 Å². The van der Waals surface area contributed by atoms with Gasteiger partial charge in [-0.1, -0.05) is 48.8 Å². The molecule has 1 aliphatic rings. The molecule has 0 atom stereocenters. The van der Waals surface area contributed by atoms with E-state index in [2.05, 4.69) is 4.99 Å². The molecule has 2 aromatic rings. The van der Waals surface area contributed by atoms with Crippen LogP contribution in [0.2, 0.25) is 10.0 Å². The van der Waals surface area contributed by atoms with E-state index in [4.69, 9.17) is 23.2 Å². The van der Waals surface area contributed by atoms with Crippen LogP contribution in [0.4, 0.5) is 18.9 Å². The highest BCUT2D eigenvalue weighted by atomic mass is 35.5. The number of allylic oxidation sites excluding steroid dienone is 1. The van der Waals surface area contributed by atoms with Gasteiger partial charge in [0.25, 0.3) is 0 Å². The van der Waals surface area contributed by atoms with Crippen molar-refractivity contribution in [2.75, 3.05) is 25.0 Å². The highest BCUT2D eigenvalue weighted by Crippen LogP contribution is 2.34. The number of rotatable bonds is 2. The zero-order chi connectivity index (χ0) is 18.9. The van der Waals surface area contributed by atoms with Gasteiger partial charge in [-0.15, -0.1) is 0 Å². The van der Waals surface area contributed by atoms with Gasteiger partial charge in [0.2, 0.25) is 0 Å². The van der Waals surface area contributed by atoms with Crippen LogP contribution in [0.25, 0.3) is 6.08 Å². The molecule has 1 heterocycles. The predicted octanol–water partition coefficient (Wildman–Crippen LogP) is 6.60. The Morgan fingerprint density at radius 1 is 1.04 bits per heavy atom. The van der Waals surface area contributed by atoms with Crippen LogP contribution >= 0.6 is 23.2 Å². The van der Waals surface area contributed by atoms with E-state index in [-0.39, 0.29) is 7.43 Å². The van der Waals surface area contributed by atoms with Crippen molar-refractivity contribution in [1.29, 1.82) is 0 Å². The molecule has 7 heteroatoms. The molecule has 0 N–H and O–H groups in total. The minimum absolute atomic E-state index is 0. The van der Waals surface area contributed by atoms with Crippen molar-refractivity contribution >= 4 is 40.7 Å². The van der Waals surface area contributed by atoms with Crippen molar-refractivity contribution in [2.24, 2.45) is 4.99 Å². The highest BCUT2D eigenvalue weighted by Gasteiger charge is 2.32. The van der Waals surface area contributed by atoms with E-state index in [1.807, 2.05) is 12.1 Å². The standard InChI is InChI=1S/C19H15Cl2F3N2.CH4/c1-26-9-8-25-17(7-3-12-2-6-15(20)16(21)10-12)14-5-4-13(11-18(14)26)19(22,23)24;/h2-7,10-11H,8-9H2,1H3;1H4/b7-3+;. The van der Waals surface area contributed by atoms with Crippen molar-refractivity contribution in [2.45, 2.75) is 13.6 Å². The largest absolute Gasteiger partial charge is 0.416 e. The summed E-state index contributed by atoms with van der Waals surface area (Å²) in [5.41, 5.74) is 1.96. The first-order chi connectivity index (χ1) is 12.3. The molecule has 1 aliphatic heterocycles. The molecule has 144 valence electrons. The molecule has 0 aromatic heterocycles. The van der Waals surface area contributed by atoms with Crippen molar-refractivity contribution < 1.29 is 13.2 Å². The fraction of sp³-hybridized carbons (Fsp3) is 0.250. The number of nitrogens with zero attached hydrogens (tertiary/aromatic N) is 2. The molecule has 2 nitrogen and oxygen atoms in total. The maximum atomic E-state index is 13.0. The molecule has 0 unspecified atom stereocenters. The Bertz CT molecular complexity index is 889. The number of anilines is 1. The smallest absolute Gasteiger partial charge is 0.372 e. The number of halogens is 5. The minimum Gasteiger partial charge on any atom is -0.372 e. The lowest BCUT2D eigenvalue weighted by Gasteiger charge is -2.20. The van der Waals surface area contributed by atoms with Crippen LogP contribution in [0.3, 0.4) is 0 Å². The molecule has 0 amide bonds. The number of alkyl halides is 3. The molecule has 2 aromatic carbocycles. The summed E-state index contributed by atoms with van der Waals surface area (Å²) in [6.07, 6.45) is -0.784. The summed E-state index contributed by atoms with van der Waals surface area (Å²) in [5.74, 6) is 0. The van der Waals surface area contributed by atoms with Gasteiger partial charge in [0.05, 0.1) is 27.9 Å². The lowest BCUT2D eigenvalue weighted by atomic mass is 10.0. The average molecular weight is 415 g/mol. The summed E-state index contributed by atoms with van der Waals surface area (Å²) in [7, 11) is 1.76. The number of fused-ring (bicyclic) bond motifs is 1. The SMILES string of the molecule is C.CN1CCN=C(/C=C/c2ccc(Cl)c(Cl)c2)c2ccc(C(F)(F)F)cc21. The Morgan fingerprint density at radius 3 is 2.44 bits per heavy atom. The number of aliphatic imine (C=N–C) groups is 1. The maximum Gasteiger partial charge on any atom is 0.416 e. The van der Waals surface area contributed by atoms with Gasteiger partial charge in [0.15, 0.2) is 0 Å². The van der Waals surface area contributed by atoms with Gasteiger partial charge in [-0.25, -0.2) is 0 Å². The number of benzene rings is 2. The van der Waals surface area contributed by atoms with Crippen LogP contribution in [0.15, 0.2) is 47.5 Å². The molecule has 3 rings (SSSR count). The third-order valence-corrected chi connectivity index (χ3v) is 4.85. The Kier molecular flexibility index (Phi) is 6.60. The summed E-state index contributed by atoms with van der Waals surface area (Å²) < 4.78 is 39.1. The Hall–Kier alpha value is -1.98. The molecule has 0 saturated carbocycles. The molecule has 0 bridgehead atoms. The first-order valence-electron chi connectivity index (χ1n) is 7.86. The van der Waals surface area contributed by atoms with Gasteiger partial charge >= 0.3 is 6.18 Å². The van der Waals surface area contributed by atoms with Crippen molar-refractivity contribution in [3.63, 3.8) is 0 Å². The predicted molar refractivity (Wildman–Crippen MR) is 108 cm³/mol.